The van der Waals surface area contributed by atoms with Gasteiger partial charge in [-0.25, -0.2) is 9.78 Å². The number of methoxy groups -OCH3 is 1. The summed E-state index contributed by atoms with van der Waals surface area (Å²) in [7, 11) is 1.51. The van der Waals surface area contributed by atoms with Crippen molar-refractivity contribution < 1.29 is 23.8 Å². The van der Waals surface area contributed by atoms with Gasteiger partial charge >= 0.3 is 6.16 Å². The highest BCUT2D eigenvalue weighted by atomic mass is 32.1. The van der Waals surface area contributed by atoms with Gasteiger partial charge in [0.05, 0.1) is 7.11 Å². The number of aromatic nitrogens is 1. The zero-order valence-corrected chi connectivity index (χ0v) is 20.6. The molecule has 184 valence electrons. The summed E-state index contributed by atoms with van der Waals surface area (Å²) in [5, 5.41) is 3.43. The fraction of sp³-hybridized carbons (Fsp3) is 0.179. The van der Waals surface area contributed by atoms with Gasteiger partial charge in [-0.1, -0.05) is 66.7 Å². The summed E-state index contributed by atoms with van der Waals surface area (Å²) >= 11 is 1.42. The molecular formula is C28H26N2O5S. The number of rotatable bonds is 10. The van der Waals surface area contributed by atoms with E-state index in [1.54, 1.807) is 18.3 Å². The predicted molar refractivity (Wildman–Crippen MR) is 139 cm³/mol. The highest BCUT2D eigenvalue weighted by Gasteiger charge is 2.14. The first kappa shape index (κ1) is 24.9. The van der Waals surface area contributed by atoms with Crippen LogP contribution in [0.25, 0.3) is 0 Å². The molecule has 0 spiro atoms. The van der Waals surface area contributed by atoms with E-state index in [4.69, 9.17) is 14.2 Å². The molecular weight excluding hydrogens is 476 g/mol. The number of aryl methyl sites for hydroxylation is 1. The van der Waals surface area contributed by atoms with E-state index in [-0.39, 0.29) is 18.3 Å². The molecule has 0 aliphatic heterocycles. The average molecular weight is 503 g/mol. The number of anilines is 1. The van der Waals surface area contributed by atoms with Gasteiger partial charge < -0.3 is 19.5 Å². The summed E-state index contributed by atoms with van der Waals surface area (Å²) < 4.78 is 15.9. The molecule has 4 rings (SSSR count). The lowest BCUT2D eigenvalue weighted by molar-refractivity contribution is -0.116. The minimum atomic E-state index is -0.806. The minimum absolute atomic E-state index is 0.0675. The minimum Gasteiger partial charge on any atom is -0.493 e. The van der Waals surface area contributed by atoms with Crippen molar-refractivity contribution in [2.75, 3.05) is 12.4 Å². The molecule has 0 fully saturated rings. The third-order valence-corrected chi connectivity index (χ3v) is 6.20. The number of carbonyl (C=O) groups excluding carboxylic acids is 2. The maximum atomic E-state index is 12.3. The standard InChI is InChI=1S/C28H26N2O5S/c1-33-25-17-22(12-14-24(25)35-28(32)34-19-21-10-6-3-7-11-21)16-23-18-29-27(36-23)30-26(31)15-13-20-8-4-2-5-9-20/h2-12,14,17-18H,13,15-16,19H2,1H3,(H,29,30,31). The van der Waals surface area contributed by atoms with Crippen LogP contribution in [0.15, 0.2) is 85.1 Å². The first-order valence-corrected chi connectivity index (χ1v) is 12.2. The molecule has 0 bridgehead atoms. The van der Waals surface area contributed by atoms with Crippen LogP contribution in [0.4, 0.5) is 9.93 Å². The second-order valence-electron chi connectivity index (χ2n) is 7.95. The smallest absolute Gasteiger partial charge is 0.493 e. The molecule has 0 saturated heterocycles. The number of ether oxygens (including phenoxy) is 3. The van der Waals surface area contributed by atoms with Gasteiger partial charge in [-0.15, -0.1) is 11.3 Å². The summed E-state index contributed by atoms with van der Waals surface area (Å²) in [6.45, 7) is 0.122. The molecule has 1 N–H and O–H groups in total. The van der Waals surface area contributed by atoms with E-state index in [1.165, 1.54) is 18.4 Å². The van der Waals surface area contributed by atoms with Gasteiger partial charge in [-0.05, 0) is 35.2 Å². The summed E-state index contributed by atoms with van der Waals surface area (Å²) in [6.07, 6.45) is 2.60. The van der Waals surface area contributed by atoms with Crippen molar-refractivity contribution in [3.05, 3.63) is 107 Å². The maximum absolute atomic E-state index is 12.3. The Kier molecular flexibility index (Phi) is 8.67. The molecule has 1 heterocycles. The lowest BCUT2D eigenvalue weighted by Crippen LogP contribution is -2.11. The number of amides is 1. The number of hydrogen-bond donors (Lipinski definition) is 1. The van der Waals surface area contributed by atoms with Gasteiger partial charge in [0.2, 0.25) is 5.91 Å². The molecule has 1 aromatic heterocycles. The van der Waals surface area contributed by atoms with Gasteiger partial charge in [0.15, 0.2) is 16.6 Å². The molecule has 4 aromatic rings. The lowest BCUT2D eigenvalue weighted by atomic mass is 10.1. The Bertz CT molecular complexity index is 1290. The number of hydrogen-bond acceptors (Lipinski definition) is 7. The van der Waals surface area contributed by atoms with Crippen LogP contribution in [-0.2, 0) is 29.0 Å². The van der Waals surface area contributed by atoms with Crippen molar-refractivity contribution in [1.82, 2.24) is 4.98 Å². The molecule has 8 heteroatoms. The predicted octanol–water partition coefficient (Wildman–Crippen LogP) is 6.03. The van der Waals surface area contributed by atoms with Crippen LogP contribution in [0, 0.1) is 0 Å². The molecule has 0 radical (unpaired) electrons. The van der Waals surface area contributed by atoms with Gasteiger partial charge in [0.25, 0.3) is 0 Å². The Labute approximate surface area is 213 Å². The zero-order chi connectivity index (χ0) is 25.2. The van der Waals surface area contributed by atoms with Crippen molar-refractivity contribution in [3.63, 3.8) is 0 Å². The highest BCUT2D eigenvalue weighted by Crippen LogP contribution is 2.30. The number of nitrogens with zero attached hydrogens (tertiary/aromatic N) is 1. The van der Waals surface area contributed by atoms with Gasteiger partial charge in [-0.2, -0.15) is 0 Å². The largest absolute Gasteiger partial charge is 0.514 e. The van der Waals surface area contributed by atoms with Crippen molar-refractivity contribution in [1.29, 1.82) is 0 Å². The second-order valence-corrected chi connectivity index (χ2v) is 9.07. The summed E-state index contributed by atoms with van der Waals surface area (Å²) in [6, 6.07) is 24.6. The number of nitrogens with one attached hydrogen (secondary N) is 1. The van der Waals surface area contributed by atoms with Crippen LogP contribution < -0.4 is 14.8 Å². The van der Waals surface area contributed by atoms with E-state index in [0.717, 1.165) is 21.6 Å². The van der Waals surface area contributed by atoms with E-state index in [2.05, 4.69) is 10.3 Å². The van der Waals surface area contributed by atoms with E-state index >= 15 is 0 Å². The monoisotopic (exact) mass is 502 g/mol. The third kappa shape index (κ3) is 7.41. The number of benzene rings is 3. The molecule has 0 aliphatic rings. The fourth-order valence-electron chi connectivity index (χ4n) is 3.47. The van der Waals surface area contributed by atoms with E-state index in [1.807, 2.05) is 66.7 Å². The first-order chi connectivity index (χ1) is 17.6. The van der Waals surface area contributed by atoms with Gasteiger partial charge in [-0.3, -0.25) is 4.79 Å². The topological polar surface area (TPSA) is 86.8 Å². The van der Waals surface area contributed by atoms with Crippen molar-refractivity contribution >= 4 is 28.5 Å². The Morgan fingerprint density at radius 1 is 0.889 bits per heavy atom. The molecule has 0 unspecified atom stereocenters. The second kappa shape index (κ2) is 12.5. The number of carbonyl (C=O) groups is 2. The Morgan fingerprint density at radius 2 is 1.61 bits per heavy atom. The molecule has 0 saturated carbocycles. The lowest BCUT2D eigenvalue weighted by Gasteiger charge is -2.11. The van der Waals surface area contributed by atoms with Crippen LogP contribution in [0.2, 0.25) is 0 Å². The summed E-state index contributed by atoms with van der Waals surface area (Å²) in [5.41, 5.74) is 2.94. The highest BCUT2D eigenvalue weighted by molar-refractivity contribution is 7.15. The van der Waals surface area contributed by atoms with E-state index in [9.17, 15) is 9.59 Å². The van der Waals surface area contributed by atoms with Gasteiger partial charge in [0.1, 0.15) is 6.61 Å². The average Bonchev–Trinajstić information content (AvgIpc) is 3.34. The van der Waals surface area contributed by atoms with Crippen molar-refractivity contribution in [2.24, 2.45) is 0 Å². The molecule has 36 heavy (non-hydrogen) atoms. The molecule has 0 atom stereocenters. The first-order valence-electron chi connectivity index (χ1n) is 11.4. The van der Waals surface area contributed by atoms with Crippen LogP contribution in [0.5, 0.6) is 11.5 Å². The molecule has 1 amide bonds. The van der Waals surface area contributed by atoms with Crippen LogP contribution in [0.1, 0.15) is 28.0 Å². The third-order valence-electron chi connectivity index (χ3n) is 5.28. The van der Waals surface area contributed by atoms with E-state index in [0.29, 0.717) is 30.1 Å². The van der Waals surface area contributed by atoms with Crippen LogP contribution in [0.3, 0.4) is 0 Å². The molecule has 3 aromatic carbocycles. The van der Waals surface area contributed by atoms with Crippen LogP contribution >= 0.6 is 11.3 Å². The normalized spacial score (nSPS) is 10.5. The summed E-state index contributed by atoms with van der Waals surface area (Å²) in [5.74, 6) is 0.625. The van der Waals surface area contributed by atoms with Crippen molar-refractivity contribution in [3.8, 4) is 11.5 Å². The molecule has 0 aliphatic carbocycles. The zero-order valence-electron chi connectivity index (χ0n) is 19.8. The van der Waals surface area contributed by atoms with Crippen molar-refractivity contribution in [2.45, 2.75) is 25.9 Å². The van der Waals surface area contributed by atoms with Gasteiger partial charge in [0, 0.05) is 23.9 Å². The maximum Gasteiger partial charge on any atom is 0.514 e. The Balaban J connectivity index is 1.29. The Hall–Kier alpha value is -4.17. The number of thiazole rings is 1. The van der Waals surface area contributed by atoms with Crippen LogP contribution in [-0.4, -0.2) is 24.2 Å². The summed E-state index contributed by atoms with van der Waals surface area (Å²) in [4.78, 5) is 29.7. The Morgan fingerprint density at radius 3 is 2.33 bits per heavy atom. The fourth-order valence-corrected chi connectivity index (χ4v) is 4.34. The SMILES string of the molecule is COc1cc(Cc2cnc(NC(=O)CCc3ccccc3)s2)ccc1OC(=O)OCc1ccccc1. The quantitative estimate of drug-likeness (QED) is 0.210. The van der Waals surface area contributed by atoms with E-state index < -0.39 is 6.16 Å². The molecule has 7 nitrogen and oxygen atoms in total.